The van der Waals surface area contributed by atoms with E-state index in [0.717, 1.165) is 56.5 Å². The van der Waals surface area contributed by atoms with E-state index >= 15 is 0 Å². The smallest absolute Gasteiger partial charge is 0.246 e. The maximum absolute atomic E-state index is 12.4. The summed E-state index contributed by atoms with van der Waals surface area (Å²) in [4.78, 5) is 12.4. The summed E-state index contributed by atoms with van der Waals surface area (Å²) < 4.78 is 46.1. The largest absolute Gasteiger partial charge is 0.379 e. The molecule has 0 saturated heterocycles. The molecule has 2 rings (SSSR count). The second-order valence-electron chi connectivity index (χ2n) is 9.97. The highest BCUT2D eigenvalue weighted by Gasteiger charge is 2.25. The minimum Gasteiger partial charge on any atom is -0.379 e. The molecule has 1 aromatic heterocycles. The Hall–Kier alpha value is -1.75. The number of nitrogens with one attached hydrogen (secondary N) is 1. The standard InChI is InChI=1S/C29H55N5O9/c1-2-11-36-15-19-40-23-24-42-21-17-38-13-9-31-28(35)25-43-27-7-5-3-4-6-26-29(27)32-33-34(26)10-14-39-18-22-41-20-16-37-12-8-30/h27H,2-25,30H2,1H3,(H,31,35). The summed E-state index contributed by atoms with van der Waals surface area (Å²) >= 11 is 0. The van der Waals surface area contributed by atoms with Crippen LogP contribution in [0.25, 0.3) is 0 Å². The maximum Gasteiger partial charge on any atom is 0.246 e. The van der Waals surface area contributed by atoms with E-state index in [4.69, 9.17) is 43.6 Å². The molecule has 0 spiro atoms. The Balaban J connectivity index is 1.54. The van der Waals surface area contributed by atoms with Gasteiger partial charge >= 0.3 is 0 Å². The molecule has 0 bridgehead atoms. The van der Waals surface area contributed by atoms with Gasteiger partial charge in [0.05, 0.1) is 98.1 Å². The predicted octanol–water partition coefficient (Wildman–Crippen LogP) is 1.05. The van der Waals surface area contributed by atoms with E-state index in [1.165, 1.54) is 0 Å². The fourth-order valence-corrected chi connectivity index (χ4v) is 4.30. The quantitative estimate of drug-likeness (QED) is 0.129. The summed E-state index contributed by atoms with van der Waals surface area (Å²) in [6.45, 7) is 11.0. The first-order chi connectivity index (χ1) is 21.3. The zero-order valence-corrected chi connectivity index (χ0v) is 26.1. The van der Waals surface area contributed by atoms with Gasteiger partial charge in [0.1, 0.15) is 18.4 Å². The molecule has 250 valence electrons. The predicted molar refractivity (Wildman–Crippen MR) is 159 cm³/mol. The second-order valence-corrected chi connectivity index (χ2v) is 9.97. The molecule has 1 aliphatic rings. The van der Waals surface area contributed by atoms with Crippen molar-refractivity contribution in [2.24, 2.45) is 5.73 Å². The lowest BCUT2D eigenvalue weighted by Gasteiger charge is -2.20. The molecule has 0 fully saturated rings. The number of amides is 1. The Morgan fingerprint density at radius 3 is 2.00 bits per heavy atom. The zero-order chi connectivity index (χ0) is 30.6. The molecule has 1 atom stereocenters. The second kappa shape index (κ2) is 26.6. The van der Waals surface area contributed by atoms with Crippen molar-refractivity contribution >= 4 is 5.91 Å². The highest BCUT2D eigenvalue weighted by atomic mass is 16.6. The Kier molecular flexibility index (Phi) is 23.2. The minimum atomic E-state index is -0.258. The van der Waals surface area contributed by atoms with Crippen LogP contribution in [0.2, 0.25) is 0 Å². The lowest BCUT2D eigenvalue weighted by molar-refractivity contribution is -0.128. The summed E-state index contributed by atoms with van der Waals surface area (Å²) in [5.74, 6) is -0.183. The monoisotopic (exact) mass is 617 g/mol. The fourth-order valence-electron chi connectivity index (χ4n) is 4.30. The molecular formula is C29H55N5O9. The average molecular weight is 618 g/mol. The summed E-state index contributed by atoms with van der Waals surface area (Å²) in [7, 11) is 0. The van der Waals surface area contributed by atoms with Crippen molar-refractivity contribution in [1.29, 1.82) is 0 Å². The molecule has 1 unspecified atom stereocenters. The molecule has 43 heavy (non-hydrogen) atoms. The van der Waals surface area contributed by atoms with Gasteiger partial charge in [0.15, 0.2) is 0 Å². The first kappa shape index (κ1) is 37.4. The van der Waals surface area contributed by atoms with Crippen LogP contribution in [0.1, 0.15) is 56.5 Å². The van der Waals surface area contributed by atoms with Gasteiger partial charge in [0.2, 0.25) is 5.91 Å². The van der Waals surface area contributed by atoms with Gasteiger partial charge in [-0.3, -0.25) is 4.79 Å². The third-order valence-corrected chi connectivity index (χ3v) is 6.45. The van der Waals surface area contributed by atoms with Gasteiger partial charge < -0.3 is 48.9 Å². The highest BCUT2D eigenvalue weighted by molar-refractivity contribution is 5.77. The van der Waals surface area contributed by atoms with Crippen LogP contribution in [0.4, 0.5) is 0 Å². The van der Waals surface area contributed by atoms with Crippen LogP contribution in [-0.4, -0.2) is 133 Å². The number of hydrogen-bond donors (Lipinski definition) is 2. The Labute approximate surface area is 256 Å². The van der Waals surface area contributed by atoms with Gasteiger partial charge in [-0.05, 0) is 25.7 Å². The number of nitrogens with two attached hydrogens (primary N) is 1. The molecule has 0 aliphatic heterocycles. The number of nitrogens with zero attached hydrogens (tertiary/aromatic N) is 3. The van der Waals surface area contributed by atoms with Gasteiger partial charge in [-0.1, -0.05) is 25.0 Å². The van der Waals surface area contributed by atoms with E-state index in [1.54, 1.807) is 0 Å². The molecule has 14 nitrogen and oxygen atoms in total. The normalized spacial score (nSPS) is 15.3. The number of fused-ring (bicyclic) bond motifs is 1. The summed E-state index contributed by atoms with van der Waals surface area (Å²) in [5, 5.41) is 11.6. The number of carbonyl (C=O) groups is 1. The molecular weight excluding hydrogens is 562 g/mol. The van der Waals surface area contributed by atoms with Crippen LogP contribution in [-0.2, 0) is 55.7 Å². The minimum absolute atomic E-state index is 0.0378. The topological polar surface area (TPSA) is 160 Å². The summed E-state index contributed by atoms with van der Waals surface area (Å²) in [6.07, 6.45) is 5.63. The van der Waals surface area contributed by atoms with Gasteiger partial charge in [0.25, 0.3) is 0 Å². The maximum atomic E-state index is 12.4. The fraction of sp³-hybridized carbons (Fsp3) is 0.897. The summed E-state index contributed by atoms with van der Waals surface area (Å²) in [6, 6.07) is 0. The van der Waals surface area contributed by atoms with Crippen molar-refractivity contribution in [3.05, 3.63) is 11.4 Å². The number of aromatic nitrogens is 3. The third kappa shape index (κ3) is 18.6. The molecule has 1 heterocycles. The van der Waals surface area contributed by atoms with Gasteiger partial charge in [-0.2, -0.15) is 0 Å². The van der Waals surface area contributed by atoms with Crippen LogP contribution in [0.3, 0.4) is 0 Å². The van der Waals surface area contributed by atoms with Crippen molar-refractivity contribution in [3.63, 3.8) is 0 Å². The molecule has 14 heteroatoms. The van der Waals surface area contributed by atoms with E-state index in [9.17, 15) is 4.79 Å². The molecule has 3 N–H and O–H groups in total. The van der Waals surface area contributed by atoms with E-state index in [2.05, 4.69) is 22.6 Å². The van der Waals surface area contributed by atoms with Crippen molar-refractivity contribution < 1.29 is 42.7 Å². The van der Waals surface area contributed by atoms with E-state index in [-0.39, 0.29) is 18.6 Å². The zero-order valence-electron chi connectivity index (χ0n) is 26.1. The number of ether oxygens (including phenoxy) is 8. The van der Waals surface area contributed by atoms with Crippen molar-refractivity contribution in [2.75, 3.05) is 112 Å². The molecule has 1 aliphatic carbocycles. The third-order valence-electron chi connectivity index (χ3n) is 6.45. The van der Waals surface area contributed by atoms with Crippen LogP contribution >= 0.6 is 0 Å². The molecule has 0 aromatic carbocycles. The Morgan fingerprint density at radius 1 is 0.791 bits per heavy atom. The molecule has 0 radical (unpaired) electrons. The first-order valence-corrected chi connectivity index (χ1v) is 15.8. The lowest BCUT2D eigenvalue weighted by atomic mass is 9.99. The van der Waals surface area contributed by atoms with Crippen molar-refractivity contribution in [3.8, 4) is 0 Å². The molecule has 1 amide bonds. The molecule has 0 saturated carbocycles. The average Bonchev–Trinajstić information content (AvgIpc) is 3.39. The van der Waals surface area contributed by atoms with E-state index in [1.807, 2.05) is 4.68 Å². The number of carbonyl (C=O) groups excluding carboxylic acids is 1. The van der Waals surface area contributed by atoms with Crippen molar-refractivity contribution in [2.45, 2.75) is 58.1 Å². The van der Waals surface area contributed by atoms with Gasteiger partial charge in [0, 0.05) is 19.7 Å². The van der Waals surface area contributed by atoms with Gasteiger partial charge in [-0.25, -0.2) is 4.68 Å². The highest BCUT2D eigenvalue weighted by Crippen LogP contribution is 2.29. The Bertz CT molecular complexity index is 802. The summed E-state index contributed by atoms with van der Waals surface area (Å²) in [5.41, 5.74) is 7.26. The van der Waals surface area contributed by atoms with E-state index in [0.29, 0.717) is 106 Å². The van der Waals surface area contributed by atoms with Crippen molar-refractivity contribution in [1.82, 2.24) is 20.3 Å². The van der Waals surface area contributed by atoms with Gasteiger partial charge in [-0.15, -0.1) is 5.10 Å². The SMILES string of the molecule is CCCOCCOCCOCCOCCNC(=O)COC1CCCCCc2c1nnn2CCOCCOCCOCCN. The van der Waals surface area contributed by atoms with Crippen LogP contribution in [0.15, 0.2) is 0 Å². The van der Waals surface area contributed by atoms with Crippen LogP contribution in [0, 0.1) is 0 Å². The molecule has 1 aromatic rings. The first-order valence-electron chi connectivity index (χ1n) is 15.8. The Morgan fingerprint density at radius 2 is 1.37 bits per heavy atom. The number of rotatable bonds is 28. The van der Waals surface area contributed by atoms with E-state index < -0.39 is 0 Å². The van der Waals surface area contributed by atoms with Crippen LogP contribution < -0.4 is 11.1 Å². The number of hydrogen-bond acceptors (Lipinski definition) is 12. The van der Waals surface area contributed by atoms with Crippen LogP contribution in [0.5, 0.6) is 0 Å². The lowest BCUT2D eigenvalue weighted by Crippen LogP contribution is -2.31.